The van der Waals surface area contributed by atoms with Gasteiger partial charge < -0.3 is 16.0 Å². The molecule has 0 aromatic heterocycles. The first-order chi connectivity index (χ1) is 12.6. The number of carbonyl (C=O) groups excluding carboxylic acids is 1. The summed E-state index contributed by atoms with van der Waals surface area (Å²) in [5.41, 5.74) is 1.80. The Bertz CT molecular complexity index is 653. The minimum atomic E-state index is 0.0108. The third kappa shape index (κ3) is 2.92. The van der Waals surface area contributed by atoms with Crippen molar-refractivity contribution in [3.05, 3.63) is 35.9 Å². The maximum absolute atomic E-state index is 12.8. The second-order valence-electron chi connectivity index (χ2n) is 9.51. The van der Waals surface area contributed by atoms with Crippen molar-refractivity contribution >= 4 is 6.03 Å². The molecule has 3 N–H and O–H groups in total. The van der Waals surface area contributed by atoms with Crippen LogP contribution >= 0.6 is 0 Å². The highest BCUT2D eigenvalue weighted by Gasteiger charge is 2.58. The van der Waals surface area contributed by atoms with Gasteiger partial charge >= 0.3 is 6.03 Å². The van der Waals surface area contributed by atoms with E-state index in [1.54, 1.807) is 0 Å². The van der Waals surface area contributed by atoms with E-state index in [0.29, 0.717) is 6.04 Å². The van der Waals surface area contributed by atoms with Gasteiger partial charge in [-0.1, -0.05) is 30.3 Å². The minimum Gasteiger partial charge on any atom is -0.335 e. The van der Waals surface area contributed by atoms with Gasteiger partial charge in [0.05, 0.1) is 0 Å². The number of urea groups is 1. The molecule has 2 unspecified atom stereocenters. The second kappa shape index (κ2) is 6.26. The fraction of sp³-hybridized carbons (Fsp3) is 0.682. The molecule has 4 aliphatic carbocycles. The summed E-state index contributed by atoms with van der Waals surface area (Å²) in [6.45, 7) is 2.02. The van der Waals surface area contributed by atoms with E-state index >= 15 is 0 Å². The standard InChI is InChI=1S/C22H31N3O/c26-20(24-19-6-8-23-9-7-19)25-22-13-16-10-17(14-22)12-21(11-16,15-22)18-4-2-1-3-5-18/h1-5,16-17,19,23H,6-15H2,(H2,24,25,26). The summed E-state index contributed by atoms with van der Waals surface area (Å²) in [7, 11) is 0. The van der Waals surface area contributed by atoms with Crippen LogP contribution in [0, 0.1) is 11.8 Å². The average molecular weight is 354 g/mol. The van der Waals surface area contributed by atoms with E-state index in [0.717, 1.165) is 44.2 Å². The van der Waals surface area contributed by atoms with Crippen LogP contribution in [0.5, 0.6) is 0 Å². The summed E-state index contributed by atoms with van der Waals surface area (Å²) in [6.07, 6.45) is 9.55. The smallest absolute Gasteiger partial charge is 0.315 e. The molecule has 1 aromatic carbocycles. The molecule has 4 heteroatoms. The molecule has 6 rings (SSSR count). The topological polar surface area (TPSA) is 53.2 Å². The summed E-state index contributed by atoms with van der Waals surface area (Å²) in [5, 5.41) is 10.1. The summed E-state index contributed by atoms with van der Waals surface area (Å²) < 4.78 is 0. The highest BCUT2D eigenvalue weighted by molar-refractivity contribution is 5.75. The Morgan fingerprint density at radius 1 is 1.00 bits per heavy atom. The fourth-order valence-corrected chi connectivity index (χ4v) is 6.97. The van der Waals surface area contributed by atoms with Crippen LogP contribution in [0.4, 0.5) is 4.79 Å². The van der Waals surface area contributed by atoms with Gasteiger partial charge in [-0.05, 0) is 87.3 Å². The van der Waals surface area contributed by atoms with Gasteiger partial charge in [0, 0.05) is 11.6 Å². The molecular weight excluding hydrogens is 322 g/mol. The maximum atomic E-state index is 12.8. The Morgan fingerprint density at radius 2 is 1.69 bits per heavy atom. The Hall–Kier alpha value is -1.55. The van der Waals surface area contributed by atoms with Gasteiger partial charge in [0.1, 0.15) is 0 Å². The fourth-order valence-electron chi connectivity index (χ4n) is 6.97. The lowest BCUT2D eigenvalue weighted by atomic mass is 9.45. The molecule has 1 aliphatic heterocycles. The summed E-state index contributed by atoms with van der Waals surface area (Å²) in [6, 6.07) is 11.5. The van der Waals surface area contributed by atoms with Crippen LogP contribution in [0.2, 0.25) is 0 Å². The van der Waals surface area contributed by atoms with Gasteiger partial charge in [-0.2, -0.15) is 0 Å². The van der Waals surface area contributed by atoms with Crippen molar-refractivity contribution in [3.8, 4) is 0 Å². The number of carbonyl (C=O) groups is 1. The van der Waals surface area contributed by atoms with Gasteiger partial charge in [0.15, 0.2) is 0 Å². The van der Waals surface area contributed by atoms with Crippen LogP contribution in [-0.2, 0) is 5.41 Å². The number of hydrogen-bond acceptors (Lipinski definition) is 2. The van der Waals surface area contributed by atoms with Crippen LogP contribution in [0.15, 0.2) is 30.3 Å². The van der Waals surface area contributed by atoms with Crippen LogP contribution in [0.3, 0.4) is 0 Å². The van der Waals surface area contributed by atoms with Gasteiger partial charge in [-0.3, -0.25) is 0 Å². The molecule has 2 amide bonds. The van der Waals surface area contributed by atoms with Crippen LogP contribution < -0.4 is 16.0 Å². The molecule has 26 heavy (non-hydrogen) atoms. The first kappa shape index (κ1) is 16.6. The number of nitrogens with one attached hydrogen (secondary N) is 3. The zero-order valence-electron chi connectivity index (χ0n) is 15.6. The molecule has 4 bridgehead atoms. The van der Waals surface area contributed by atoms with Crippen molar-refractivity contribution < 1.29 is 4.79 Å². The first-order valence-corrected chi connectivity index (χ1v) is 10.5. The Balaban J connectivity index is 1.34. The molecule has 1 saturated heterocycles. The van der Waals surface area contributed by atoms with Crippen molar-refractivity contribution in [1.29, 1.82) is 0 Å². The quantitative estimate of drug-likeness (QED) is 0.781. The highest BCUT2D eigenvalue weighted by atomic mass is 16.2. The van der Waals surface area contributed by atoms with E-state index in [4.69, 9.17) is 0 Å². The van der Waals surface area contributed by atoms with Gasteiger partial charge in [0.25, 0.3) is 0 Å². The lowest BCUT2D eigenvalue weighted by Crippen LogP contribution is -2.66. The van der Waals surface area contributed by atoms with Gasteiger partial charge in [-0.25, -0.2) is 4.79 Å². The molecule has 1 aromatic rings. The summed E-state index contributed by atoms with van der Waals surface area (Å²) in [5.74, 6) is 1.55. The van der Waals surface area contributed by atoms with Crippen molar-refractivity contribution in [3.63, 3.8) is 0 Å². The predicted octanol–water partition coefficient (Wildman–Crippen LogP) is 3.33. The Morgan fingerprint density at radius 3 is 2.38 bits per heavy atom. The SMILES string of the molecule is O=C(NC1CCNCC1)NC12CC3CC(C1)CC(c1ccccc1)(C3)C2. The van der Waals surface area contributed by atoms with Crippen molar-refractivity contribution in [2.45, 2.75) is 68.4 Å². The molecule has 1 heterocycles. The van der Waals surface area contributed by atoms with Gasteiger partial charge in [0.2, 0.25) is 0 Å². The van der Waals surface area contributed by atoms with E-state index < -0.39 is 0 Å². The van der Waals surface area contributed by atoms with Crippen LogP contribution in [0.1, 0.15) is 56.9 Å². The largest absolute Gasteiger partial charge is 0.335 e. The predicted molar refractivity (Wildman–Crippen MR) is 103 cm³/mol. The minimum absolute atomic E-state index is 0.0108. The number of piperidine rings is 1. The maximum Gasteiger partial charge on any atom is 0.315 e. The first-order valence-electron chi connectivity index (χ1n) is 10.5. The third-order valence-corrected chi connectivity index (χ3v) is 7.50. The molecule has 2 atom stereocenters. The summed E-state index contributed by atoms with van der Waals surface area (Å²) >= 11 is 0. The molecule has 4 saturated carbocycles. The van der Waals surface area contributed by atoms with Crippen molar-refractivity contribution in [2.75, 3.05) is 13.1 Å². The number of benzene rings is 1. The van der Waals surface area contributed by atoms with Crippen molar-refractivity contribution in [1.82, 2.24) is 16.0 Å². The number of amides is 2. The normalized spacial score (nSPS) is 38.9. The van der Waals surface area contributed by atoms with E-state index in [1.165, 1.54) is 37.7 Å². The molecule has 5 fully saturated rings. The average Bonchev–Trinajstić information content (AvgIpc) is 2.61. The Kier molecular flexibility index (Phi) is 4.00. The van der Waals surface area contributed by atoms with E-state index in [9.17, 15) is 4.79 Å². The Labute approximate surface area is 156 Å². The highest BCUT2D eigenvalue weighted by Crippen LogP contribution is 2.62. The number of hydrogen-bond donors (Lipinski definition) is 3. The van der Waals surface area contributed by atoms with E-state index in [2.05, 4.69) is 46.3 Å². The second-order valence-corrected chi connectivity index (χ2v) is 9.51. The van der Waals surface area contributed by atoms with Crippen LogP contribution in [-0.4, -0.2) is 30.7 Å². The lowest BCUT2D eigenvalue weighted by molar-refractivity contribution is -0.0351. The molecule has 0 radical (unpaired) electrons. The lowest BCUT2D eigenvalue weighted by Gasteiger charge is -2.62. The molecule has 140 valence electrons. The third-order valence-electron chi connectivity index (χ3n) is 7.50. The monoisotopic (exact) mass is 353 g/mol. The summed E-state index contributed by atoms with van der Waals surface area (Å²) in [4.78, 5) is 12.8. The molecule has 4 nitrogen and oxygen atoms in total. The zero-order chi connectivity index (χ0) is 17.6. The van der Waals surface area contributed by atoms with Crippen LogP contribution in [0.25, 0.3) is 0 Å². The molecule has 5 aliphatic rings. The zero-order valence-corrected chi connectivity index (χ0v) is 15.6. The van der Waals surface area contributed by atoms with E-state index in [1.807, 2.05) is 0 Å². The van der Waals surface area contributed by atoms with E-state index in [-0.39, 0.29) is 17.0 Å². The molecular formula is C22H31N3O. The number of rotatable bonds is 3. The van der Waals surface area contributed by atoms with Crippen molar-refractivity contribution in [2.24, 2.45) is 11.8 Å². The molecule has 0 spiro atoms. The van der Waals surface area contributed by atoms with Gasteiger partial charge in [-0.15, -0.1) is 0 Å².